The Morgan fingerprint density at radius 3 is 2.59 bits per heavy atom. The highest BCUT2D eigenvalue weighted by Gasteiger charge is 2.15. The predicted molar refractivity (Wildman–Crippen MR) is 102 cm³/mol. The summed E-state index contributed by atoms with van der Waals surface area (Å²) in [4.78, 5) is 22.4. The van der Waals surface area contributed by atoms with E-state index in [1.807, 2.05) is 12.1 Å². The van der Waals surface area contributed by atoms with Crippen LogP contribution in [0.2, 0.25) is 0 Å². The van der Waals surface area contributed by atoms with Crippen molar-refractivity contribution in [3.8, 4) is 11.8 Å². The molecule has 0 aliphatic rings. The SMILES string of the molecule is CCCCc1ccc(NC(=O)/C(C#N)=C/c2ccc(O)c([N+](=O)[O-])c2)cc1. The summed E-state index contributed by atoms with van der Waals surface area (Å²) < 4.78 is 0. The number of aryl methyl sites for hydroxylation is 1. The fourth-order valence-electron chi connectivity index (χ4n) is 2.43. The molecule has 138 valence electrons. The molecule has 0 aliphatic heterocycles. The summed E-state index contributed by atoms with van der Waals surface area (Å²) in [5.74, 6) is -1.10. The van der Waals surface area contributed by atoms with Crippen LogP contribution in [0, 0.1) is 21.4 Å². The van der Waals surface area contributed by atoms with Crippen molar-refractivity contribution in [2.45, 2.75) is 26.2 Å². The van der Waals surface area contributed by atoms with Gasteiger partial charge in [-0.25, -0.2) is 0 Å². The fourth-order valence-corrected chi connectivity index (χ4v) is 2.43. The van der Waals surface area contributed by atoms with E-state index in [-0.39, 0.29) is 11.1 Å². The number of hydrogen-bond donors (Lipinski definition) is 2. The Balaban J connectivity index is 2.16. The molecule has 0 spiro atoms. The van der Waals surface area contributed by atoms with Crippen LogP contribution in [0.15, 0.2) is 48.0 Å². The van der Waals surface area contributed by atoms with Gasteiger partial charge in [0.1, 0.15) is 11.6 Å². The fraction of sp³-hybridized carbons (Fsp3) is 0.200. The molecule has 0 radical (unpaired) electrons. The Labute approximate surface area is 156 Å². The third-order valence-corrected chi connectivity index (χ3v) is 3.90. The van der Waals surface area contributed by atoms with Crippen molar-refractivity contribution < 1.29 is 14.8 Å². The number of rotatable bonds is 7. The summed E-state index contributed by atoms with van der Waals surface area (Å²) in [7, 11) is 0. The van der Waals surface area contributed by atoms with Gasteiger partial charge in [0.25, 0.3) is 5.91 Å². The van der Waals surface area contributed by atoms with Crippen LogP contribution in [0.25, 0.3) is 6.08 Å². The molecule has 0 aliphatic carbocycles. The van der Waals surface area contributed by atoms with Crippen LogP contribution in [0.1, 0.15) is 30.9 Å². The molecule has 0 bridgehead atoms. The average molecular weight is 365 g/mol. The normalized spacial score (nSPS) is 10.9. The van der Waals surface area contributed by atoms with E-state index in [1.165, 1.54) is 17.7 Å². The summed E-state index contributed by atoms with van der Waals surface area (Å²) in [5, 5.41) is 32.2. The number of phenols is 1. The van der Waals surface area contributed by atoms with Gasteiger partial charge in [-0.2, -0.15) is 5.26 Å². The number of benzene rings is 2. The number of nitro groups is 1. The van der Waals surface area contributed by atoms with Crippen molar-refractivity contribution >= 4 is 23.4 Å². The molecular weight excluding hydrogens is 346 g/mol. The molecule has 0 heterocycles. The second kappa shape index (κ2) is 9.15. The van der Waals surface area contributed by atoms with E-state index >= 15 is 0 Å². The van der Waals surface area contributed by atoms with Gasteiger partial charge in [-0.1, -0.05) is 31.5 Å². The average Bonchev–Trinajstić information content (AvgIpc) is 2.66. The number of carbonyl (C=O) groups is 1. The second-order valence-corrected chi connectivity index (χ2v) is 5.93. The molecular formula is C20H19N3O4. The van der Waals surface area contributed by atoms with Gasteiger partial charge in [-0.05, 0) is 48.2 Å². The molecule has 7 nitrogen and oxygen atoms in total. The maximum absolute atomic E-state index is 12.3. The molecule has 0 fully saturated rings. The number of hydrogen-bond acceptors (Lipinski definition) is 5. The van der Waals surface area contributed by atoms with Crippen molar-refractivity contribution in [3.05, 3.63) is 69.3 Å². The number of anilines is 1. The van der Waals surface area contributed by atoms with E-state index in [4.69, 9.17) is 0 Å². The first-order valence-corrected chi connectivity index (χ1v) is 8.44. The number of amides is 1. The Hall–Kier alpha value is -3.66. The maximum Gasteiger partial charge on any atom is 0.311 e. The zero-order chi connectivity index (χ0) is 19.8. The van der Waals surface area contributed by atoms with Crippen LogP contribution < -0.4 is 5.32 Å². The minimum Gasteiger partial charge on any atom is -0.502 e. The van der Waals surface area contributed by atoms with Crippen molar-refractivity contribution in [2.75, 3.05) is 5.32 Å². The number of phenolic OH excluding ortho intramolecular Hbond substituents is 1. The zero-order valence-corrected chi connectivity index (χ0v) is 14.8. The van der Waals surface area contributed by atoms with Gasteiger partial charge < -0.3 is 10.4 Å². The lowest BCUT2D eigenvalue weighted by molar-refractivity contribution is -0.385. The first-order valence-electron chi connectivity index (χ1n) is 8.44. The van der Waals surface area contributed by atoms with Crippen LogP contribution in [0.3, 0.4) is 0 Å². The number of aromatic hydroxyl groups is 1. The molecule has 1 amide bonds. The van der Waals surface area contributed by atoms with Gasteiger partial charge in [0.2, 0.25) is 0 Å². The molecule has 2 aromatic rings. The molecule has 0 saturated heterocycles. The summed E-state index contributed by atoms with van der Waals surface area (Å²) >= 11 is 0. The van der Waals surface area contributed by atoms with Crippen LogP contribution in [0.5, 0.6) is 5.75 Å². The van der Waals surface area contributed by atoms with Gasteiger partial charge >= 0.3 is 5.69 Å². The molecule has 27 heavy (non-hydrogen) atoms. The molecule has 2 aromatic carbocycles. The number of nitrogens with zero attached hydrogens (tertiary/aromatic N) is 2. The third-order valence-electron chi connectivity index (χ3n) is 3.90. The Morgan fingerprint density at radius 1 is 1.30 bits per heavy atom. The monoisotopic (exact) mass is 365 g/mol. The van der Waals surface area contributed by atoms with Crippen molar-refractivity contribution in [1.29, 1.82) is 5.26 Å². The van der Waals surface area contributed by atoms with Crippen LogP contribution in [-0.2, 0) is 11.2 Å². The van der Waals surface area contributed by atoms with Gasteiger partial charge in [0.15, 0.2) is 5.75 Å². The number of nitro benzene ring substituents is 1. The maximum atomic E-state index is 12.3. The highest BCUT2D eigenvalue weighted by atomic mass is 16.6. The summed E-state index contributed by atoms with van der Waals surface area (Å²) in [6.07, 6.45) is 4.39. The smallest absolute Gasteiger partial charge is 0.311 e. The van der Waals surface area contributed by atoms with E-state index < -0.39 is 22.3 Å². The molecule has 0 saturated carbocycles. The van der Waals surface area contributed by atoms with Gasteiger partial charge in [0.05, 0.1) is 4.92 Å². The molecule has 2 N–H and O–H groups in total. The van der Waals surface area contributed by atoms with Gasteiger partial charge in [0, 0.05) is 11.8 Å². The van der Waals surface area contributed by atoms with Crippen LogP contribution in [0.4, 0.5) is 11.4 Å². The molecule has 7 heteroatoms. The topological polar surface area (TPSA) is 116 Å². The molecule has 2 rings (SSSR count). The number of unbranched alkanes of at least 4 members (excludes halogenated alkanes) is 1. The van der Waals surface area contributed by atoms with Crippen LogP contribution in [-0.4, -0.2) is 15.9 Å². The van der Waals surface area contributed by atoms with Crippen LogP contribution >= 0.6 is 0 Å². The Morgan fingerprint density at radius 2 is 2.00 bits per heavy atom. The second-order valence-electron chi connectivity index (χ2n) is 5.93. The van der Waals surface area contributed by atoms with E-state index in [9.17, 15) is 25.3 Å². The summed E-state index contributed by atoms with van der Waals surface area (Å²) in [5.41, 5.74) is 1.29. The highest BCUT2D eigenvalue weighted by Crippen LogP contribution is 2.27. The quantitative estimate of drug-likeness (QED) is 0.330. The first-order chi connectivity index (χ1) is 12.9. The van der Waals surface area contributed by atoms with E-state index in [0.717, 1.165) is 31.4 Å². The van der Waals surface area contributed by atoms with Gasteiger partial charge in [-0.3, -0.25) is 14.9 Å². The lowest BCUT2D eigenvalue weighted by Gasteiger charge is -2.06. The van der Waals surface area contributed by atoms with Crippen molar-refractivity contribution in [1.82, 2.24) is 0 Å². The number of nitrogens with one attached hydrogen (secondary N) is 1. The zero-order valence-electron chi connectivity index (χ0n) is 14.8. The van der Waals surface area contributed by atoms with Crippen molar-refractivity contribution in [3.63, 3.8) is 0 Å². The third kappa shape index (κ3) is 5.41. The number of nitriles is 1. The lowest BCUT2D eigenvalue weighted by Crippen LogP contribution is -2.13. The standard InChI is InChI=1S/C20H19N3O4/c1-2-3-4-14-5-8-17(9-6-14)22-20(25)16(13-21)11-15-7-10-19(24)18(12-15)23(26)27/h5-12,24H,2-4H2,1H3,(H,22,25)/b16-11+. The summed E-state index contributed by atoms with van der Waals surface area (Å²) in [6.45, 7) is 2.12. The number of carbonyl (C=O) groups excluding carboxylic acids is 1. The summed E-state index contributed by atoms with van der Waals surface area (Å²) in [6, 6.07) is 12.8. The molecule has 0 atom stereocenters. The van der Waals surface area contributed by atoms with Gasteiger partial charge in [-0.15, -0.1) is 0 Å². The first kappa shape index (κ1) is 19.7. The lowest BCUT2D eigenvalue weighted by atomic mass is 10.1. The predicted octanol–water partition coefficient (Wildman–Crippen LogP) is 4.19. The Kier molecular flexibility index (Phi) is 6.67. The Bertz CT molecular complexity index is 912. The minimum atomic E-state index is -0.737. The minimum absolute atomic E-state index is 0.204. The highest BCUT2D eigenvalue weighted by molar-refractivity contribution is 6.09. The van der Waals surface area contributed by atoms with Crippen molar-refractivity contribution in [2.24, 2.45) is 0 Å². The molecule has 0 unspecified atom stereocenters. The largest absolute Gasteiger partial charge is 0.502 e. The molecule has 0 aromatic heterocycles. The van der Waals surface area contributed by atoms with E-state index in [0.29, 0.717) is 5.69 Å². The van der Waals surface area contributed by atoms with E-state index in [2.05, 4.69) is 12.2 Å². The van der Waals surface area contributed by atoms with E-state index in [1.54, 1.807) is 18.2 Å².